The van der Waals surface area contributed by atoms with Crippen LogP contribution in [0.2, 0.25) is 0 Å². The molecule has 2 bridgehead atoms. The van der Waals surface area contributed by atoms with Gasteiger partial charge in [-0.05, 0) is 66.2 Å². The van der Waals surface area contributed by atoms with Gasteiger partial charge in [0, 0.05) is 31.8 Å². The van der Waals surface area contributed by atoms with E-state index in [4.69, 9.17) is 14.2 Å². The summed E-state index contributed by atoms with van der Waals surface area (Å²) in [6, 6.07) is 9.56. The van der Waals surface area contributed by atoms with Gasteiger partial charge in [-0.3, -0.25) is 9.59 Å². The van der Waals surface area contributed by atoms with Crippen LogP contribution in [0.15, 0.2) is 59.7 Å². The molecular formula is C33H42O7. The Morgan fingerprint density at radius 2 is 1.65 bits per heavy atom. The van der Waals surface area contributed by atoms with Gasteiger partial charge < -0.3 is 19.3 Å². The van der Waals surface area contributed by atoms with E-state index >= 15 is 0 Å². The summed E-state index contributed by atoms with van der Waals surface area (Å²) in [5.41, 5.74) is 2.32. The van der Waals surface area contributed by atoms with E-state index in [-0.39, 0.29) is 0 Å². The van der Waals surface area contributed by atoms with Crippen molar-refractivity contribution in [3.8, 4) is 0 Å². The SMILES string of the molecule is C=C1[C@@H](OC(C)=O)CC[C@@]2(C)C[C@H](OC(=O)/C=C/c3ccccc3)C3=C(C)C[C@H](O)[C@@H]([C@@H](OC(C)=O)[C@H]12)C3(C)C. The molecule has 0 unspecified atom stereocenters. The average molecular weight is 551 g/mol. The zero-order chi connectivity index (χ0) is 29.4. The molecular weight excluding hydrogens is 508 g/mol. The highest BCUT2D eigenvalue weighted by molar-refractivity contribution is 5.87. The molecule has 0 spiro atoms. The Morgan fingerprint density at radius 1 is 1.00 bits per heavy atom. The second kappa shape index (κ2) is 11.4. The number of carbonyl (C=O) groups is 3. The Morgan fingerprint density at radius 3 is 2.27 bits per heavy atom. The third-order valence-electron chi connectivity index (χ3n) is 9.19. The monoisotopic (exact) mass is 550 g/mol. The first-order valence-electron chi connectivity index (χ1n) is 14.1. The molecule has 1 aromatic carbocycles. The first-order valence-corrected chi connectivity index (χ1v) is 14.1. The number of rotatable bonds is 5. The highest BCUT2D eigenvalue weighted by atomic mass is 16.6. The molecule has 7 atom stereocenters. The molecule has 0 heterocycles. The van der Waals surface area contributed by atoms with Gasteiger partial charge in [0.2, 0.25) is 0 Å². The lowest BCUT2D eigenvalue weighted by Gasteiger charge is -2.58. The molecule has 7 nitrogen and oxygen atoms in total. The van der Waals surface area contributed by atoms with Crippen molar-refractivity contribution in [1.29, 1.82) is 0 Å². The molecule has 2 fully saturated rings. The van der Waals surface area contributed by atoms with Gasteiger partial charge in [-0.2, -0.15) is 0 Å². The first-order chi connectivity index (χ1) is 18.7. The summed E-state index contributed by atoms with van der Waals surface area (Å²) < 4.78 is 18.0. The second-order valence-corrected chi connectivity index (χ2v) is 12.5. The van der Waals surface area contributed by atoms with Gasteiger partial charge in [-0.15, -0.1) is 0 Å². The number of hydrogen-bond donors (Lipinski definition) is 1. The lowest BCUT2D eigenvalue weighted by molar-refractivity contribution is -0.178. The summed E-state index contributed by atoms with van der Waals surface area (Å²) in [4.78, 5) is 37.6. The van der Waals surface area contributed by atoms with Gasteiger partial charge in [0.25, 0.3) is 0 Å². The predicted octanol–water partition coefficient (Wildman–Crippen LogP) is 5.57. The highest BCUT2D eigenvalue weighted by Crippen LogP contribution is 2.60. The quantitative estimate of drug-likeness (QED) is 0.221. The minimum Gasteiger partial charge on any atom is -0.461 e. The minimum absolute atomic E-state index is 0.373. The summed E-state index contributed by atoms with van der Waals surface area (Å²) in [5.74, 6) is -2.21. The number of benzene rings is 1. The Bertz CT molecular complexity index is 1230. The summed E-state index contributed by atoms with van der Waals surface area (Å²) in [5, 5.41) is 11.5. The number of esters is 3. The number of fused-ring (bicyclic) bond motifs is 3. The number of aliphatic hydroxyl groups excluding tert-OH is 1. The van der Waals surface area contributed by atoms with Gasteiger partial charge in [-0.1, -0.05) is 63.3 Å². The van der Waals surface area contributed by atoms with E-state index in [1.54, 1.807) is 6.08 Å². The maximum absolute atomic E-state index is 13.2. The van der Waals surface area contributed by atoms with E-state index in [0.717, 1.165) is 16.7 Å². The van der Waals surface area contributed by atoms with Gasteiger partial charge in [0.15, 0.2) is 0 Å². The van der Waals surface area contributed by atoms with E-state index in [0.29, 0.717) is 31.3 Å². The summed E-state index contributed by atoms with van der Waals surface area (Å²) in [6.07, 6.45) is 2.66. The fourth-order valence-corrected chi connectivity index (χ4v) is 7.78. The van der Waals surface area contributed by atoms with Crippen LogP contribution in [0.25, 0.3) is 6.08 Å². The van der Waals surface area contributed by atoms with Crippen LogP contribution in [0.3, 0.4) is 0 Å². The van der Waals surface area contributed by atoms with Crippen molar-refractivity contribution >= 4 is 24.0 Å². The average Bonchev–Trinajstić information content (AvgIpc) is 2.83. The number of aliphatic hydroxyl groups is 1. The molecule has 0 amide bonds. The van der Waals surface area contributed by atoms with Gasteiger partial charge in [0.05, 0.1) is 6.10 Å². The van der Waals surface area contributed by atoms with Crippen molar-refractivity contribution in [3.05, 3.63) is 65.3 Å². The molecule has 1 aromatic rings. The molecule has 40 heavy (non-hydrogen) atoms. The second-order valence-electron chi connectivity index (χ2n) is 12.5. The highest BCUT2D eigenvalue weighted by Gasteiger charge is 2.60. The molecule has 1 N–H and O–H groups in total. The van der Waals surface area contributed by atoms with Gasteiger partial charge in [0.1, 0.15) is 18.3 Å². The number of hydrogen-bond acceptors (Lipinski definition) is 7. The molecule has 0 aliphatic heterocycles. The zero-order valence-corrected chi connectivity index (χ0v) is 24.4. The standard InChI is InChI=1S/C33H42O7/c1-19-17-24(36)30-31(39-22(4)35)29-20(2)25(38-21(3)34)15-16-33(29,7)18-26(28(19)32(30,5)6)40-27(37)14-13-23-11-9-8-10-12-23/h8-14,24-26,29-31,36H,2,15-18H2,1,3-7H3/b14-13+/t24-,25-,26-,29-,30-,31-,33-/m0/s1. The van der Waals surface area contributed by atoms with E-state index in [1.165, 1.54) is 19.9 Å². The van der Waals surface area contributed by atoms with Crippen LogP contribution in [0, 0.1) is 22.7 Å². The molecule has 3 aliphatic rings. The third kappa shape index (κ3) is 5.80. The van der Waals surface area contributed by atoms with Crippen LogP contribution >= 0.6 is 0 Å². The molecule has 0 aromatic heterocycles. The Kier molecular flexibility index (Phi) is 8.46. The van der Waals surface area contributed by atoms with Crippen molar-refractivity contribution in [1.82, 2.24) is 0 Å². The van der Waals surface area contributed by atoms with E-state index in [2.05, 4.69) is 13.5 Å². The van der Waals surface area contributed by atoms with Crippen LogP contribution < -0.4 is 0 Å². The van der Waals surface area contributed by atoms with Crippen LogP contribution in [0.4, 0.5) is 0 Å². The molecule has 0 saturated heterocycles. The van der Waals surface area contributed by atoms with Gasteiger partial charge >= 0.3 is 17.9 Å². The fourth-order valence-electron chi connectivity index (χ4n) is 7.78. The molecule has 2 saturated carbocycles. The normalized spacial score (nSPS) is 33.4. The van der Waals surface area contributed by atoms with Crippen molar-refractivity contribution in [3.63, 3.8) is 0 Å². The maximum Gasteiger partial charge on any atom is 0.331 e. The number of carbonyl (C=O) groups excluding carboxylic acids is 3. The van der Waals surface area contributed by atoms with Crippen molar-refractivity contribution in [2.24, 2.45) is 22.7 Å². The summed E-state index contributed by atoms with van der Waals surface area (Å²) >= 11 is 0. The van der Waals surface area contributed by atoms with Crippen LogP contribution in [0.1, 0.15) is 72.8 Å². The third-order valence-corrected chi connectivity index (χ3v) is 9.19. The molecule has 4 rings (SSSR count). The Balaban J connectivity index is 1.80. The molecule has 216 valence electrons. The summed E-state index contributed by atoms with van der Waals surface area (Å²) in [6.45, 7) is 15.2. The molecule has 0 radical (unpaired) electrons. The smallest absolute Gasteiger partial charge is 0.331 e. The van der Waals surface area contributed by atoms with E-state index < -0.39 is 65.0 Å². The topological polar surface area (TPSA) is 99.1 Å². The molecule has 7 heteroatoms. The lowest BCUT2D eigenvalue weighted by atomic mass is 9.50. The van der Waals surface area contributed by atoms with E-state index in [9.17, 15) is 19.5 Å². The molecule has 3 aliphatic carbocycles. The van der Waals surface area contributed by atoms with Crippen LogP contribution in [-0.4, -0.2) is 47.4 Å². The zero-order valence-electron chi connectivity index (χ0n) is 24.4. The van der Waals surface area contributed by atoms with Crippen molar-refractivity contribution in [2.75, 3.05) is 0 Å². The Labute approximate surface area is 237 Å². The van der Waals surface area contributed by atoms with Crippen molar-refractivity contribution in [2.45, 2.75) is 91.6 Å². The lowest BCUT2D eigenvalue weighted by Crippen LogP contribution is -2.60. The Hall–Kier alpha value is -3.19. The first kappa shape index (κ1) is 29.8. The largest absolute Gasteiger partial charge is 0.461 e. The summed E-state index contributed by atoms with van der Waals surface area (Å²) in [7, 11) is 0. The number of ether oxygens (including phenoxy) is 3. The minimum atomic E-state index is -0.790. The maximum atomic E-state index is 13.2. The van der Waals surface area contributed by atoms with Crippen LogP contribution in [-0.2, 0) is 28.6 Å². The predicted molar refractivity (Wildman–Crippen MR) is 152 cm³/mol. The van der Waals surface area contributed by atoms with Crippen LogP contribution in [0.5, 0.6) is 0 Å². The van der Waals surface area contributed by atoms with Gasteiger partial charge in [-0.25, -0.2) is 4.79 Å². The van der Waals surface area contributed by atoms with E-state index in [1.807, 2.05) is 51.1 Å². The van der Waals surface area contributed by atoms with Crippen molar-refractivity contribution < 1.29 is 33.7 Å². The fraction of sp³-hybridized carbons (Fsp3) is 0.545.